The third-order valence-electron chi connectivity index (χ3n) is 2.81. The van der Waals surface area contributed by atoms with Gasteiger partial charge in [0.05, 0.1) is 16.7 Å². The number of benzene rings is 2. The number of aromatic nitrogens is 2. The van der Waals surface area contributed by atoms with Crippen LogP contribution in [-0.4, -0.2) is 9.55 Å². The zero-order valence-corrected chi connectivity index (χ0v) is 11.9. The fraction of sp³-hybridized carbons (Fsp3) is 0. The molecule has 0 atom stereocenters. The Morgan fingerprint density at radius 2 is 1.84 bits per heavy atom. The first-order chi connectivity index (χ1) is 9.06. The highest BCUT2D eigenvalue weighted by atomic mass is 79.9. The molecule has 96 valence electrons. The van der Waals surface area contributed by atoms with Gasteiger partial charge in [-0.2, -0.15) is 0 Å². The Morgan fingerprint density at radius 1 is 1.05 bits per heavy atom. The van der Waals surface area contributed by atoms with E-state index in [0.29, 0.717) is 10.5 Å². The minimum Gasteiger partial charge on any atom is -0.330 e. The zero-order valence-electron chi connectivity index (χ0n) is 9.45. The van der Waals surface area contributed by atoms with Gasteiger partial charge in [-0.3, -0.25) is 4.57 Å². The molecule has 0 aliphatic rings. The van der Waals surface area contributed by atoms with E-state index >= 15 is 0 Å². The maximum Gasteiger partial charge on any atom is 0.182 e. The number of imidazole rings is 1. The number of fused-ring (bicyclic) bond motifs is 1. The average Bonchev–Trinajstić information content (AvgIpc) is 2.68. The molecule has 1 aromatic heterocycles. The van der Waals surface area contributed by atoms with Crippen LogP contribution in [0.2, 0.25) is 0 Å². The largest absolute Gasteiger partial charge is 0.330 e. The van der Waals surface area contributed by atoms with Crippen LogP contribution in [-0.2, 0) is 0 Å². The van der Waals surface area contributed by atoms with Gasteiger partial charge in [-0.1, -0.05) is 15.9 Å². The first kappa shape index (κ1) is 12.5. The van der Waals surface area contributed by atoms with E-state index in [0.717, 1.165) is 27.6 Å². The summed E-state index contributed by atoms with van der Waals surface area (Å²) in [5.41, 5.74) is 2.11. The molecular formula is C13H7BrF2N2S. The van der Waals surface area contributed by atoms with E-state index in [1.807, 2.05) is 18.2 Å². The molecule has 3 rings (SSSR count). The second-order valence-corrected chi connectivity index (χ2v) is 5.33. The lowest BCUT2D eigenvalue weighted by Crippen LogP contribution is -1.96. The van der Waals surface area contributed by atoms with Crippen LogP contribution in [0.4, 0.5) is 8.78 Å². The lowest BCUT2D eigenvalue weighted by atomic mass is 10.2. The Kier molecular flexibility index (Phi) is 2.99. The molecule has 0 spiro atoms. The summed E-state index contributed by atoms with van der Waals surface area (Å²) in [7, 11) is 0. The van der Waals surface area contributed by atoms with Crippen LogP contribution in [0.1, 0.15) is 0 Å². The van der Waals surface area contributed by atoms with Crippen LogP contribution < -0.4 is 0 Å². The molecule has 0 amide bonds. The van der Waals surface area contributed by atoms with Gasteiger partial charge >= 0.3 is 0 Å². The second-order valence-electron chi connectivity index (χ2n) is 4.03. The predicted molar refractivity (Wildman–Crippen MR) is 76.1 cm³/mol. The van der Waals surface area contributed by atoms with E-state index < -0.39 is 11.6 Å². The molecule has 0 radical (unpaired) electrons. The monoisotopic (exact) mass is 340 g/mol. The third kappa shape index (κ3) is 2.11. The molecule has 3 aromatic rings. The predicted octanol–water partition coefficient (Wildman–Crippen LogP) is 4.73. The van der Waals surface area contributed by atoms with Crippen molar-refractivity contribution in [1.29, 1.82) is 0 Å². The minimum absolute atomic E-state index is 0.430. The summed E-state index contributed by atoms with van der Waals surface area (Å²) >= 11 is 8.60. The Labute approximate surface area is 120 Å². The number of hydrogen-bond acceptors (Lipinski definition) is 1. The van der Waals surface area contributed by atoms with Crippen LogP contribution in [0.25, 0.3) is 16.7 Å². The molecule has 0 saturated carbocycles. The lowest BCUT2D eigenvalue weighted by Gasteiger charge is -2.05. The van der Waals surface area contributed by atoms with Gasteiger partial charge in [0.25, 0.3) is 0 Å². The molecule has 0 unspecified atom stereocenters. The standard InChI is InChI=1S/C13H7BrF2N2S/c14-7-1-4-12-11(5-7)17-13(19)18(12)8-2-3-9(15)10(16)6-8/h1-6H,(H,17,19). The van der Waals surface area contributed by atoms with Gasteiger partial charge in [-0.15, -0.1) is 0 Å². The summed E-state index contributed by atoms with van der Waals surface area (Å²) in [6.45, 7) is 0. The van der Waals surface area contributed by atoms with Crippen LogP contribution >= 0.6 is 28.1 Å². The van der Waals surface area contributed by atoms with Gasteiger partial charge in [-0.05, 0) is 42.5 Å². The quantitative estimate of drug-likeness (QED) is 0.635. The van der Waals surface area contributed by atoms with Gasteiger partial charge in [0.2, 0.25) is 0 Å². The maximum atomic E-state index is 13.3. The topological polar surface area (TPSA) is 20.7 Å². The Balaban J connectivity index is 2.32. The number of halogens is 3. The van der Waals surface area contributed by atoms with Gasteiger partial charge in [0.1, 0.15) is 0 Å². The van der Waals surface area contributed by atoms with Crippen molar-refractivity contribution in [2.24, 2.45) is 0 Å². The van der Waals surface area contributed by atoms with Crippen molar-refractivity contribution in [1.82, 2.24) is 9.55 Å². The van der Waals surface area contributed by atoms with E-state index in [-0.39, 0.29) is 0 Å². The number of H-pyrrole nitrogens is 1. The van der Waals surface area contributed by atoms with Crippen LogP contribution in [0, 0.1) is 16.4 Å². The molecule has 0 aliphatic carbocycles. The number of aromatic amines is 1. The highest BCUT2D eigenvalue weighted by Crippen LogP contribution is 2.23. The smallest absolute Gasteiger partial charge is 0.182 e. The van der Waals surface area contributed by atoms with Gasteiger partial charge < -0.3 is 4.98 Å². The highest BCUT2D eigenvalue weighted by Gasteiger charge is 2.09. The summed E-state index contributed by atoms with van der Waals surface area (Å²) in [6, 6.07) is 9.30. The van der Waals surface area contributed by atoms with Crippen LogP contribution in [0.3, 0.4) is 0 Å². The van der Waals surface area contributed by atoms with Gasteiger partial charge in [-0.25, -0.2) is 8.78 Å². The summed E-state index contributed by atoms with van der Waals surface area (Å²) in [5, 5.41) is 0. The van der Waals surface area contributed by atoms with Gasteiger partial charge in [0, 0.05) is 10.5 Å². The maximum absolute atomic E-state index is 13.3. The summed E-state index contributed by atoms with van der Waals surface area (Å²) in [4.78, 5) is 3.03. The van der Waals surface area contributed by atoms with E-state index in [9.17, 15) is 8.78 Å². The molecule has 1 heterocycles. The fourth-order valence-corrected chi connectivity index (χ4v) is 2.64. The van der Waals surface area contributed by atoms with Crippen LogP contribution in [0.15, 0.2) is 40.9 Å². The van der Waals surface area contributed by atoms with E-state index in [1.165, 1.54) is 6.07 Å². The first-order valence-corrected chi connectivity index (χ1v) is 6.62. The number of nitrogens with zero attached hydrogens (tertiary/aromatic N) is 1. The zero-order chi connectivity index (χ0) is 13.6. The molecule has 0 fully saturated rings. The molecule has 0 saturated heterocycles. The Morgan fingerprint density at radius 3 is 2.58 bits per heavy atom. The minimum atomic E-state index is -0.897. The molecular weight excluding hydrogens is 334 g/mol. The molecule has 2 aromatic carbocycles. The molecule has 2 nitrogen and oxygen atoms in total. The lowest BCUT2D eigenvalue weighted by molar-refractivity contribution is 0.508. The molecule has 1 N–H and O–H groups in total. The number of nitrogens with one attached hydrogen (secondary N) is 1. The van der Waals surface area contributed by atoms with Crippen molar-refractivity contribution in [2.45, 2.75) is 0 Å². The average molecular weight is 341 g/mol. The second kappa shape index (κ2) is 4.54. The SMILES string of the molecule is Fc1ccc(-n2c(=S)[nH]c3cc(Br)ccc32)cc1F. The Bertz CT molecular complexity index is 838. The molecule has 0 bridgehead atoms. The van der Waals surface area contributed by atoms with E-state index in [2.05, 4.69) is 20.9 Å². The van der Waals surface area contributed by atoms with Gasteiger partial charge in [0.15, 0.2) is 16.4 Å². The highest BCUT2D eigenvalue weighted by molar-refractivity contribution is 9.10. The van der Waals surface area contributed by atoms with E-state index in [1.54, 1.807) is 4.57 Å². The molecule has 6 heteroatoms. The van der Waals surface area contributed by atoms with Crippen molar-refractivity contribution in [3.63, 3.8) is 0 Å². The summed E-state index contributed by atoms with van der Waals surface area (Å²) in [5.74, 6) is -1.77. The summed E-state index contributed by atoms with van der Waals surface area (Å²) < 4.78 is 29.3. The van der Waals surface area contributed by atoms with Crippen LogP contribution in [0.5, 0.6) is 0 Å². The first-order valence-electron chi connectivity index (χ1n) is 5.42. The third-order valence-corrected chi connectivity index (χ3v) is 3.58. The van der Waals surface area contributed by atoms with Crippen molar-refractivity contribution in [3.8, 4) is 5.69 Å². The van der Waals surface area contributed by atoms with E-state index in [4.69, 9.17) is 12.2 Å². The normalized spacial score (nSPS) is 11.1. The van der Waals surface area contributed by atoms with Crippen molar-refractivity contribution in [3.05, 3.63) is 57.3 Å². The number of hydrogen-bond donors (Lipinski definition) is 1. The Hall–Kier alpha value is -1.53. The molecule has 19 heavy (non-hydrogen) atoms. The van der Waals surface area contributed by atoms with Crippen molar-refractivity contribution >= 4 is 39.2 Å². The number of rotatable bonds is 1. The van der Waals surface area contributed by atoms with Crippen molar-refractivity contribution in [2.75, 3.05) is 0 Å². The molecule has 0 aliphatic heterocycles. The fourth-order valence-electron chi connectivity index (χ4n) is 1.96. The summed E-state index contributed by atoms with van der Waals surface area (Å²) in [6.07, 6.45) is 0. The van der Waals surface area contributed by atoms with Crippen molar-refractivity contribution < 1.29 is 8.78 Å².